The van der Waals surface area contributed by atoms with Crippen molar-refractivity contribution in [2.45, 2.75) is 26.3 Å². The molecule has 0 saturated carbocycles. The lowest BCUT2D eigenvalue weighted by atomic mass is 10.1. The Kier molecular flexibility index (Phi) is 4.25. The van der Waals surface area contributed by atoms with E-state index in [1.54, 1.807) is 12.1 Å². The predicted molar refractivity (Wildman–Crippen MR) is 91.4 cm³/mol. The molecule has 0 aliphatic heterocycles. The van der Waals surface area contributed by atoms with E-state index in [1.807, 2.05) is 41.0 Å². The summed E-state index contributed by atoms with van der Waals surface area (Å²) >= 11 is 5.93. The highest BCUT2D eigenvalue weighted by atomic mass is 35.5. The van der Waals surface area contributed by atoms with Crippen LogP contribution in [-0.4, -0.2) is 9.55 Å². The first kappa shape index (κ1) is 14.8. The molecule has 0 aliphatic carbocycles. The fraction of sp³-hybridized carbons (Fsp3) is 0.222. The van der Waals surface area contributed by atoms with Crippen LogP contribution in [0.3, 0.4) is 0 Å². The van der Waals surface area contributed by atoms with Gasteiger partial charge in [-0.2, -0.15) is 0 Å². The molecule has 0 spiro atoms. The van der Waals surface area contributed by atoms with Crippen LogP contribution in [0.15, 0.2) is 53.3 Å². The van der Waals surface area contributed by atoms with Gasteiger partial charge in [-0.05, 0) is 30.7 Å². The fourth-order valence-corrected chi connectivity index (χ4v) is 2.65. The van der Waals surface area contributed by atoms with Crippen LogP contribution >= 0.6 is 11.6 Å². The Labute approximate surface area is 134 Å². The summed E-state index contributed by atoms with van der Waals surface area (Å²) in [5, 5.41) is 0.649. The Morgan fingerprint density at radius 2 is 1.82 bits per heavy atom. The van der Waals surface area contributed by atoms with Gasteiger partial charge >= 0.3 is 0 Å². The van der Waals surface area contributed by atoms with Crippen molar-refractivity contribution < 1.29 is 0 Å². The number of benzene rings is 2. The van der Waals surface area contributed by atoms with E-state index in [2.05, 4.69) is 11.9 Å². The molecule has 3 rings (SSSR count). The number of hydrogen-bond donors (Lipinski definition) is 0. The van der Waals surface area contributed by atoms with E-state index in [0.717, 1.165) is 29.4 Å². The quantitative estimate of drug-likeness (QED) is 0.710. The zero-order valence-corrected chi connectivity index (χ0v) is 13.2. The topological polar surface area (TPSA) is 34.9 Å². The van der Waals surface area contributed by atoms with E-state index in [4.69, 9.17) is 11.6 Å². The van der Waals surface area contributed by atoms with Crippen LogP contribution in [0, 0.1) is 0 Å². The Morgan fingerprint density at radius 1 is 1.09 bits per heavy atom. The summed E-state index contributed by atoms with van der Waals surface area (Å²) in [7, 11) is 0. The van der Waals surface area contributed by atoms with E-state index in [-0.39, 0.29) is 5.56 Å². The number of rotatable bonds is 4. The first-order valence-corrected chi connectivity index (χ1v) is 7.84. The first-order valence-electron chi connectivity index (χ1n) is 7.46. The molecular formula is C18H17ClN2O. The zero-order valence-electron chi connectivity index (χ0n) is 12.4. The van der Waals surface area contributed by atoms with Crippen LogP contribution in [0.25, 0.3) is 22.3 Å². The Hall–Kier alpha value is -2.13. The van der Waals surface area contributed by atoms with E-state index in [9.17, 15) is 4.79 Å². The Bertz CT molecular complexity index is 853. The lowest BCUT2D eigenvalue weighted by molar-refractivity contribution is 0.630. The van der Waals surface area contributed by atoms with Gasteiger partial charge in [-0.3, -0.25) is 4.79 Å². The molecule has 1 heterocycles. The van der Waals surface area contributed by atoms with Crippen molar-refractivity contribution in [3.05, 3.63) is 63.9 Å². The molecule has 0 N–H and O–H groups in total. The molecule has 4 heteroatoms. The summed E-state index contributed by atoms with van der Waals surface area (Å²) in [4.78, 5) is 17.4. The number of aryl methyl sites for hydroxylation is 1. The van der Waals surface area contributed by atoms with Crippen LogP contribution in [0.5, 0.6) is 0 Å². The fourth-order valence-electron chi connectivity index (χ4n) is 2.53. The largest absolute Gasteiger partial charge is 0.305 e. The molecule has 0 amide bonds. The third-order valence-corrected chi connectivity index (χ3v) is 3.96. The minimum absolute atomic E-state index is 0.0468. The number of halogens is 1. The summed E-state index contributed by atoms with van der Waals surface area (Å²) in [6.07, 6.45) is 2.01. The smallest absolute Gasteiger partial charge is 0.277 e. The van der Waals surface area contributed by atoms with E-state index in [0.29, 0.717) is 17.3 Å². The summed E-state index contributed by atoms with van der Waals surface area (Å²) in [5.41, 5.74) is 2.95. The van der Waals surface area contributed by atoms with Crippen molar-refractivity contribution in [2.75, 3.05) is 0 Å². The number of hydrogen-bond acceptors (Lipinski definition) is 2. The van der Waals surface area contributed by atoms with Crippen molar-refractivity contribution in [3.8, 4) is 11.3 Å². The summed E-state index contributed by atoms with van der Waals surface area (Å²) < 4.78 is 1.83. The number of nitrogens with zero attached hydrogens (tertiary/aromatic N) is 2. The second-order valence-corrected chi connectivity index (χ2v) is 5.70. The summed E-state index contributed by atoms with van der Waals surface area (Å²) in [6, 6.07) is 15.0. The molecule has 0 radical (unpaired) electrons. The normalized spacial score (nSPS) is 11.0. The van der Waals surface area contributed by atoms with Crippen LogP contribution in [0.4, 0.5) is 0 Å². The van der Waals surface area contributed by atoms with Crippen LogP contribution < -0.4 is 5.56 Å². The summed E-state index contributed by atoms with van der Waals surface area (Å²) in [5.74, 6) is 0. The highest BCUT2D eigenvalue weighted by Gasteiger charge is 2.12. The molecular weight excluding hydrogens is 296 g/mol. The maximum atomic E-state index is 12.8. The predicted octanol–water partition coefficient (Wildman–Crippen LogP) is 4.52. The zero-order chi connectivity index (χ0) is 15.5. The molecule has 0 fully saturated rings. The van der Waals surface area contributed by atoms with Gasteiger partial charge in [0.25, 0.3) is 5.56 Å². The van der Waals surface area contributed by atoms with Crippen molar-refractivity contribution in [3.63, 3.8) is 0 Å². The van der Waals surface area contributed by atoms with Gasteiger partial charge in [-0.1, -0.05) is 49.2 Å². The van der Waals surface area contributed by atoms with Gasteiger partial charge in [0.15, 0.2) is 0 Å². The molecule has 0 unspecified atom stereocenters. The molecule has 1 aromatic heterocycles. The highest BCUT2D eigenvalue weighted by molar-refractivity contribution is 6.30. The molecule has 112 valence electrons. The minimum Gasteiger partial charge on any atom is -0.305 e. The van der Waals surface area contributed by atoms with Gasteiger partial charge < -0.3 is 4.57 Å². The van der Waals surface area contributed by atoms with Gasteiger partial charge in [-0.15, -0.1) is 0 Å². The molecule has 3 aromatic rings. The van der Waals surface area contributed by atoms with Crippen LogP contribution in [-0.2, 0) is 6.54 Å². The number of para-hydroxylation sites is 2. The Balaban J connectivity index is 2.24. The molecule has 22 heavy (non-hydrogen) atoms. The van der Waals surface area contributed by atoms with Crippen molar-refractivity contribution in [2.24, 2.45) is 0 Å². The third-order valence-electron chi connectivity index (χ3n) is 3.71. The first-order chi connectivity index (χ1) is 10.7. The van der Waals surface area contributed by atoms with Crippen LogP contribution in [0.2, 0.25) is 5.02 Å². The van der Waals surface area contributed by atoms with E-state index < -0.39 is 0 Å². The van der Waals surface area contributed by atoms with Gasteiger partial charge in [0.2, 0.25) is 0 Å². The van der Waals surface area contributed by atoms with Crippen molar-refractivity contribution in [1.29, 1.82) is 0 Å². The third kappa shape index (κ3) is 2.77. The minimum atomic E-state index is -0.0468. The van der Waals surface area contributed by atoms with Gasteiger partial charge in [0, 0.05) is 17.1 Å². The second kappa shape index (κ2) is 6.32. The van der Waals surface area contributed by atoms with Gasteiger partial charge in [0.1, 0.15) is 5.69 Å². The SMILES string of the molecule is CCCCn1c(=O)c(-c2ccc(Cl)cc2)nc2ccccc21. The number of fused-ring (bicyclic) bond motifs is 1. The molecule has 0 aliphatic rings. The highest BCUT2D eigenvalue weighted by Crippen LogP contribution is 2.20. The monoisotopic (exact) mass is 312 g/mol. The van der Waals surface area contributed by atoms with Gasteiger partial charge in [-0.25, -0.2) is 4.98 Å². The standard InChI is InChI=1S/C18H17ClN2O/c1-2-3-12-21-16-7-5-4-6-15(16)20-17(18(21)22)13-8-10-14(19)11-9-13/h4-11H,2-3,12H2,1H3. The number of aromatic nitrogens is 2. The molecule has 0 saturated heterocycles. The second-order valence-electron chi connectivity index (χ2n) is 5.27. The molecule has 0 atom stereocenters. The van der Waals surface area contributed by atoms with Crippen molar-refractivity contribution in [1.82, 2.24) is 9.55 Å². The average molecular weight is 313 g/mol. The molecule has 3 nitrogen and oxygen atoms in total. The average Bonchev–Trinajstić information content (AvgIpc) is 2.54. The summed E-state index contributed by atoms with van der Waals surface area (Å²) in [6.45, 7) is 2.83. The lowest BCUT2D eigenvalue weighted by Crippen LogP contribution is -2.23. The van der Waals surface area contributed by atoms with Gasteiger partial charge in [0.05, 0.1) is 11.0 Å². The van der Waals surface area contributed by atoms with E-state index in [1.165, 1.54) is 0 Å². The van der Waals surface area contributed by atoms with Crippen LogP contribution in [0.1, 0.15) is 19.8 Å². The lowest BCUT2D eigenvalue weighted by Gasteiger charge is -2.12. The maximum Gasteiger partial charge on any atom is 0.277 e. The molecule has 0 bridgehead atoms. The van der Waals surface area contributed by atoms with Crippen molar-refractivity contribution >= 4 is 22.6 Å². The van der Waals surface area contributed by atoms with E-state index >= 15 is 0 Å². The maximum absolute atomic E-state index is 12.8. The molecule has 2 aromatic carbocycles. The number of unbranched alkanes of at least 4 members (excludes halogenated alkanes) is 1. The Morgan fingerprint density at radius 3 is 2.55 bits per heavy atom.